The summed E-state index contributed by atoms with van der Waals surface area (Å²) in [7, 11) is 1.68. The summed E-state index contributed by atoms with van der Waals surface area (Å²) in [5, 5.41) is 5.06. The van der Waals surface area contributed by atoms with Gasteiger partial charge in [0, 0.05) is 23.2 Å². The van der Waals surface area contributed by atoms with E-state index in [0.717, 1.165) is 10.0 Å². The molecule has 0 aliphatic carbocycles. The molecule has 0 fully saturated rings. The van der Waals surface area contributed by atoms with E-state index in [1.54, 1.807) is 19.2 Å². The van der Waals surface area contributed by atoms with E-state index >= 15 is 0 Å². The minimum absolute atomic E-state index is 0.144. The van der Waals surface area contributed by atoms with Crippen molar-refractivity contribution < 1.29 is 14.0 Å². The van der Waals surface area contributed by atoms with Crippen LogP contribution in [0, 0.1) is 0 Å². The summed E-state index contributed by atoms with van der Waals surface area (Å²) < 4.78 is 18.5. The minimum Gasteiger partial charge on any atom is -0.454 e. The molecule has 4 aromatic rings. The number of hydrogen-bond acceptors (Lipinski definition) is 8. The van der Waals surface area contributed by atoms with Crippen LogP contribution >= 0.6 is 27.7 Å². The topological polar surface area (TPSA) is 92.3 Å². The normalized spacial score (nSPS) is 12.6. The Morgan fingerprint density at radius 3 is 2.83 bits per heavy atom. The molecule has 0 unspecified atom stereocenters. The molecule has 0 saturated carbocycles. The molecule has 8 nitrogen and oxygen atoms in total. The number of thioether (sulfide) groups is 1. The SMILES string of the molecule is Cn1c(SCc2nc(-c3cccc(Br)c3)no2)nc2cc3c(cc2c1=O)OCO3. The first-order valence-electron chi connectivity index (χ1n) is 8.60. The molecular formula is C19H13BrN4O4S. The fraction of sp³-hybridized carbons (Fsp3) is 0.158. The Morgan fingerprint density at radius 2 is 2.00 bits per heavy atom. The predicted octanol–water partition coefficient (Wildman–Crippen LogP) is 3.77. The number of halogens is 1. The van der Waals surface area contributed by atoms with Gasteiger partial charge in [0.25, 0.3) is 5.56 Å². The highest BCUT2D eigenvalue weighted by molar-refractivity contribution is 9.10. The van der Waals surface area contributed by atoms with Crippen molar-refractivity contribution in [2.45, 2.75) is 10.9 Å². The first-order chi connectivity index (χ1) is 14.1. The number of ether oxygens (including phenoxy) is 2. The number of benzene rings is 2. The van der Waals surface area contributed by atoms with Gasteiger partial charge in [-0.05, 0) is 18.2 Å². The highest BCUT2D eigenvalue weighted by Gasteiger charge is 2.18. The lowest BCUT2D eigenvalue weighted by Crippen LogP contribution is -2.20. The van der Waals surface area contributed by atoms with Crippen molar-refractivity contribution in [3.63, 3.8) is 0 Å². The van der Waals surface area contributed by atoms with E-state index in [0.29, 0.717) is 45.0 Å². The summed E-state index contributed by atoms with van der Waals surface area (Å²) in [4.78, 5) is 21.8. The molecule has 0 amide bonds. The second-order valence-electron chi connectivity index (χ2n) is 6.29. The van der Waals surface area contributed by atoms with Gasteiger partial charge in [-0.25, -0.2) is 4.98 Å². The molecule has 1 aliphatic heterocycles. The van der Waals surface area contributed by atoms with E-state index in [4.69, 9.17) is 14.0 Å². The fourth-order valence-corrected chi connectivity index (χ4v) is 4.16. The van der Waals surface area contributed by atoms with Crippen molar-refractivity contribution >= 4 is 38.6 Å². The molecule has 10 heteroatoms. The van der Waals surface area contributed by atoms with Gasteiger partial charge in [0.05, 0.1) is 16.7 Å². The van der Waals surface area contributed by atoms with Crippen LogP contribution in [0.2, 0.25) is 0 Å². The molecule has 3 heterocycles. The third-order valence-corrected chi connectivity index (χ3v) is 5.91. The Labute approximate surface area is 177 Å². The van der Waals surface area contributed by atoms with E-state index in [1.807, 2.05) is 24.3 Å². The van der Waals surface area contributed by atoms with Crippen LogP contribution in [-0.4, -0.2) is 26.5 Å². The van der Waals surface area contributed by atoms with Crippen LogP contribution in [0.15, 0.2) is 55.3 Å². The van der Waals surface area contributed by atoms with Crippen LogP contribution in [0.1, 0.15) is 5.89 Å². The lowest BCUT2D eigenvalue weighted by molar-refractivity contribution is 0.174. The third-order valence-electron chi connectivity index (χ3n) is 4.40. The van der Waals surface area contributed by atoms with Crippen molar-refractivity contribution in [1.29, 1.82) is 0 Å². The molecule has 29 heavy (non-hydrogen) atoms. The maximum atomic E-state index is 12.7. The summed E-state index contributed by atoms with van der Waals surface area (Å²) in [6.45, 7) is 0.144. The maximum absolute atomic E-state index is 12.7. The smallest absolute Gasteiger partial charge is 0.261 e. The van der Waals surface area contributed by atoms with Crippen LogP contribution in [0.4, 0.5) is 0 Å². The summed E-state index contributed by atoms with van der Waals surface area (Å²) in [5.41, 5.74) is 1.25. The first kappa shape index (κ1) is 18.2. The number of aromatic nitrogens is 4. The summed E-state index contributed by atoms with van der Waals surface area (Å²) in [6, 6.07) is 11.1. The van der Waals surface area contributed by atoms with E-state index in [-0.39, 0.29) is 12.4 Å². The van der Waals surface area contributed by atoms with E-state index in [9.17, 15) is 4.79 Å². The predicted molar refractivity (Wildman–Crippen MR) is 110 cm³/mol. The molecule has 1 aliphatic rings. The quantitative estimate of drug-likeness (QED) is 0.327. The summed E-state index contributed by atoms with van der Waals surface area (Å²) in [5.74, 6) is 2.49. The van der Waals surface area contributed by atoms with Crippen molar-refractivity contribution in [2.24, 2.45) is 7.05 Å². The minimum atomic E-state index is -0.156. The van der Waals surface area contributed by atoms with Gasteiger partial charge in [-0.2, -0.15) is 4.98 Å². The monoisotopic (exact) mass is 472 g/mol. The van der Waals surface area contributed by atoms with Crippen LogP contribution < -0.4 is 15.0 Å². The molecule has 0 atom stereocenters. The lowest BCUT2D eigenvalue weighted by Gasteiger charge is -2.08. The fourth-order valence-electron chi connectivity index (χ4n) is 2.95. The zero-order valence-electron chi connectivity index (χ0n) is 15.1. The van der Waals surface area contributed by atoms with Gasteiger partial charge in [0.15, 0.2) is 16.7 Å². The molecule has 0 spiro atoms. The second kappa shape index (κ2) is 7.20. The number of fused-ring (bicyclic) bond motifs is 2. The van der Waals surface area contributed by atoms with E-state index in [1.165, 1.54) is 16.3 Å². The standard InChI is InChI=1S/C19H13BrN4O4S/c1-24-18(25)12-6-14-15(27-9-26-14)7-13(12)21-19(24)29-8-16-22-17(23-28-16)10-3-2-4-11(20)5-10/h2-7H,8-9H2,1H3. The molecule has 0 saturated heterocycles. The molecule has 2 aromatic heterocycles. The largest absolute Gasteiger partial charge is 0.454 e. The van der Waals surface area contributed by atoms with Crippen LogP contribution in [0.5, 0.6) is 11.5 Å². The molecule has 0 bridgehead atoms. The van der Waals surface area contributed by atoms with Gasteiger partial charge in [-0.3, -0.25) is 9.36 Å². The van der Waals surface area contributed by atoms with Gasteiger partial charge in [-0.15, -0.1) is 0 Å². The average Bonchev–Trinajstić information content (AvgIpc) is 3.37. The van der Waals surface area contributed by atoms with Crippen LogP contribution in [-0.2, 0) is 12.8 Å². The summed E-state index contributed by atoms with van der Waals surface area (Å²) >= 11 is 4.78. The maximum Gasteiger partial charge on any atom is 0.261 e. The Kier molecular flexibility index (Phi) is 4.51. The third kappa shape index (κ3) is 3.38. The first-order valence-corrected chi connectivity index (χ1v) is 10.4. The van der Waals surface area contributed by atoms with E-state index in [2.05, 4.69) is 31.1 Å². The zero-order valence-corrected chi connectivity index (χ0v) is 17.5. The molecule has 0 radical (unpaired) electrons. The Balaban J connectivity index is 1.42. The molecule has 2 aromatic carbocycles. The van der Waals surface area contributed by atoms with Crippen LogP contribution in [0.25, 0.3) is 22.3 Å². The van der Waals surface area contributed by atoms with Crippen molar-refractivity contribution in [2.75, 3.05) is 6.79 Å². The number of hydrogen-bond donors (Lipinski definition) is 0. The zero-order chi connectivity index (χ0) is 20.0. The Bertz CT molecular complexity index is 1300. The Morgan fingerprint density at radius 1 is 1.17 bits per heavy atom. The second-order valence-corrected chi connectivity index (χ2v) is 8.15. The van der Waals surface area contributed by atoms with Gasteiger partial charge >= 0.3 is 0 Å². The Hall–Kier alpha value is -2.85. The van der Waals surface area contributed by atoms with Gasteiger partial charge in [0.1, 0.15) is 0 Å². The van der Waals surface area contributed by atoms with Gasteiger partial charge in [-0.1, -0.05) is 45.0 Å². The van der Waals surface area contributed by atoms with Gasteiger partial charge in [0.2, 0.25) is 18.5 Å². The number of nitrogens with zero attached hydrogens (tertiary/aromatic N) is 4. The van der Waals surface area contributed by atoms with Crippen LogP contribution in [0.3, 0.4) is 0 Å². The number of rotatable bonds is 4. The average molecular weight is 473 g/mol. The van der Waals surface area contributed by atoms with Gasteiger partial charge < -0.3 is 14.0 Å². The highest BCUT2D eigenvalue weighted by atomic mass is 79.9. The molecule has 5 rings (SSSR count). The molecule has 0 N–H and O–H groups in total. The van der Waals surface area contributed by atoms with E-state index < -0.39 is 0 Å². The molecular weight excluding hydrogens is 460 g/mol. The summed E-state index contributed by atoms with van der Waals surface area (Å²) in [6.07, 6.45) is 0. The molecule has 146 valence electrons. The van der Waals surface area contributed by atoms with Crippen molar-refractivity contribution in [3.8, 4) is 22.9 Å². The van der Waals surface area contributed by atoms with Crippen molar-refractivity contribution in [3.05, 3.63) is 57.1 Å². The lowest BCUT2D eigenvalue weighted by atomic mass is 10.2. The van der Waals surface area contributed by atoms with Crippen molar-refractivity contribution in [1.82, 2.24) is 19.7 Å². The highest BCUT2D eigenvalue weighted by Crippen LogP contribution is 2.35.